The van der Waals surface area contributed by atoms with Crippen LogP contribution in [0.1, 0.15) is 59.7 Å². The molecule has 3 rings (SSSR count). The molecule has 0 spiro atoms. The molecule has 8 nitrogen and oxygen atoms in total. The lowest BCUT2D eigenvalue weighted by Gasteiger charge is -2.28. The third kappa shape index (κ3) is 5.00. The van der Waals surface area contributed by atoms with Gasteiger partial charge >= 0.3 is 5.97 Å². The maximum atomic E-state index is 14.2. The molecule has 1 saturated heterocycles. The van der Waals surface area contributed by atoms with E-state index in [2.05, 4.69) is 9.88 Å². The van der Waals surface area contributed by atoms with Crippen molar-refractivity contribution in [3.05, 3.63) is 63.7 Å². The van der Waals surface area contributed by atoms with Gasteiger partial charge in [0.25, 0.3) is 11.7 Å². The van der Waals surface area contributed by atoms with E-state index < -0.39 is 35.3 Å². The average Bonchev–Trinajstić information content (AvgIpc) is 3.26. The second-order valence-electron chi connectivity index (χ2n) is 8.42. The first-order valence-electron chi connectivity index (χ1n) is 11.8. The van der Waals surface area contributed by atoms with Crippen LogP contribution < -0.4 is 0 Å². The van der Waals surface area contributed by atoms with Crippen LogP contribution in [0.3, 0.4) is 0 Å². The zero-order chi connectivity index (χ0) is 25.9. The predicted octanol–water partition coefficient (Wildman–Crippen LogP) is 3.71. The number of carbonyl (C=O) groups is 3. The van der Waals surface area contributed by atoms with E-state index in [4.69, 9.17) is 4.74 Å². The van der Waals surface area contributed by atoms with Crippen LogP contribution in [0, 0.1) is 19.7 Å². The van der Waals surface area contributed by atoms with Crippen molar-refractivity contribution in [1.29, 1.82) is 0 Å². The number of ketones is 1. The summed E-state index contributed by atoms with van der Waals surface area (Å²) in [7, 11) is 0. The summed E-state index contributed by atoms with van der Waals surface area (Å²) in [6, 6.07) is 4.69. The molecule has 2 aromatic rings. The lowest BCUT2D eigenvalue weighted by molar-refractivity contribution is -0.140. The second kappa shape index (κ2) is 10.9. The number of H-pyrrole nitrogens is 1. The number of aromatic nitrogens is 1. The number of aromatic amines is 1. The normalized spacial score (nSPS) is 17.5. The molecule has 1 unspecified atom stereocenters. The molecule has 35 heavy (non-hydrogen) atoms. The van der Waals surface area contributed by atoms with Crippen molar-refractivity contribution < 1.29 is 28.6 Å². The van der Waals surface area contributed by atoms with Crippen molar-refractivity contribution in [1.82, 2.24) is 14.8 Å². The Hall–Kier alpha value is -3.46. The van der Waals surface area contributed by atoms with Gasteiger partial charge in [0.05, 0.1) is 18.2 Å². The number of rotatable bonds is 9. The molecule has 1 fully saturated rings. The van der Waals surface area contributed by atoms with Gasteiger partial charge in [0.2, 0.25) is 0 Å². The van der Waals surface area contributed by atoms with Crippen LogP contribution in [0.2, 0.25) is 0 Å². The van der Waals surface area contributed by atoms with Gasteiger partial charge in [0.15, 0.2) is 0 Å². The van der Waals surface area contributed by atoms with Gasteiger partial charge in [-0.3, -0.25) is 9.59 Å². The lowest BCUT2D eigenvalue weighted by atomic mass is 9.94. The highest BCUT2D eigenvalue weighted by Crippen LogP contribution is 2.41. The molecule has 1 aliphatic heterocycles. The molecule has 0 bridgehead atoms. The van der Waals surface area contributed by atoms with E-state index in [9.17, 15) is 23.9 Å². The van der Waals surface area contributed by atoms with Crippen LogP contribution in [-0.4, -0.2) is 70.3 Å². The molecule has 1 amide bonds. The Morgan fingerprint density at radius 1 is 1.20 bits per heavy atom. The molecular weight excluding hydrogens is 453 g/mol. The highest BCUT2D eigenvalue weighted by atomic mass is 19.1. The first-order valence-corrected chi connectivity index (χ1v) is 11.8. The van der Waals surface area contributed by atoms with Crippen molar-refractivity contribution >= 4 is 23.4 Å². The van der Waals surface area contributed by atoms with E-state index in [-0.39, 0.29) is 30.0 Å². The highest BCUT2D eigenvalue weighted by Gasteiger charge is 2.46. The van der Waals surface area contributed by atoms with Crippen molar-refractivity contribution in [2.45, 2.75) is 40.7 Å². The summed E-state index contributed by atoms with van der Waals surface area (Å²) in [4.78, 5) is 45.1. The Bertz CT molecular complexity index is 1170. The maximum Gasteiger partial charge on any atom is 0.355 e. The molecule has 1 atom stereocenters. The number of Topliss-reactive ketones (excluding diaryl/α,β-unsaturated/α-hetero) is 1. The summed E-state index contributed by atoms with van der Waals surface area (Å²) < 4.78 is 19.3. The van der Waals surface area contributed by atoms with Gasteiger partial charge in [-0.25, -0.2) is 9.18 Å². The van der Waals surface area contributed by atoms with E-state index >= 15 is 0 Å². The number of amides is 1. The van der Waals surface area contributed by atoms with Crippen LogP contribution in [0.5, 0.6) is 0 Å². The van der Waals surface area contributed by atoms with Crippen molar-refractivity contribution in [2.24, 2.45) is 0 Å². The third-order valence-electron chi connectivity index (χ3n) is 6.41. The van der Waals surface area contributed by atoms with Crippen LogP contribution in [0.25, 0.3) is 5.76 Å². The number of benzene rings is 1. The van der Waals surface area contributed by atoms with Crippen LogP contribution in [0.15, 0.2) is 29.8 Å². The van der Waals surface area contributed by atoms with Crippen LogP contribution >= 0.6 is 0 Å². The maximum absolute atomic E-state index is 14.2. The van der Waals surface area contributed by atoms with Crippen molar-refractivity contribution in [3.8, 4) is 0 Å². The Labute approximate surface area is 204 Å². The van der Waals surface area contributed by atoms with E-state index in [1.807, 2.05) is 13.8 Å². The van der Waals surface area contributed by atoms with E-state index in [1.54, 1.807) is 26.8 Å². The molecule has 9 heteroatoms. The molecule has 2 heterocycles. The van der Waals surface area contributed by atoms with E-state index in [0.29, 0.717) is 23.4 Å². The van der Waals surface area contributed by atoms with Crippen molar-refractivity contribution in [2.75, 3.05) is 32.8 Å². The third-order valence-corrected chi connectivity index (χ3v) is 6.41. The second-order valence-corrected chi connectivity index (χ2v) is 8.42. The number of ether oxygens (including phenoxy) is 1. The number of aryl methyl sites for hydroxylation is 1. The zero-order valence-corrected chi connectivity index (χ0v) is 20.8. The summed E-state index contributed by atoms with van der Waals surface area (Å²) in [5.41, 5.74) is 1.48. The molecule has 188 valence electrons. The van der Waals surface area contributed by atoms with Gasteiger partial charge in [0.1, 0.15) is 17.3 Å². The monoisotopic (exact) mass is 485 g/mol. The Morgan fingerprint density at radius 2 is 1.89 bits per heavy atom. The predicted molar refractivity (Wildman–Crippen MR) is 129 cm³/mol. The number of halogens is 1. The minimum atomic E-state index is -0.971. The summed E-state index contributed by atoms with van der Waals surface area (Å²) in [6.45, 7) is 11.4. The lowest BCUT2D eigenvalue weighted by Crippen LogP contribution is -2.38. The van der Waals surface area contributed by atoms with Gasteiger partial charge in [0, 0.05) is 24.3 Å². The van der Waals surface area contributed by atoms with Gasteiger partial charge in [-0.05, 0) is 57.1 Å². The number of likely N-dealkylation sites (N-methyl/N-ethyl adjacent to an activating group) is 1. The SMILES string of the molecule is CCOC(=O)c1[nH]c(C)c(/C(O)=C2\C(=O)C(=O)N(CCN(CC)CC)C2c2cccc(F)c2)c1C. The number of aliphatic hydroxyl groups is 1. The number of aliphatic hydroxyl groups excluding tert-OH is 1. The number of esters is 1. The number of hydrogen-bond acceptors (Lipinski definition) is 6. The molecule has 1 aromatic carbocycles. The summed E-state index contributed by atoms with van der Waals surface area (Å²) in [6.07, 6.45) is 0. The summed E-state index contributed by atoms with van der Waals surface area (Å²) in [5, 5.41) is 11.4. The fourth-order valence-corrected chi connectivity index (χ4v) is 4.57. The first-order chi connectivity index (χ1) is 16.7. The number of carbonyl (C=O) groups excluding carboxylic acids is 3. The van der Waals surface area contributed by atoms with Gasteiger partial charge in [-0.2, -0.15) is 0 Å². The minimum Gasteiger partial charge on any atom is -0.507 e. The molecule has 0 aliphatic carbocycles. The summed E-state index contributed by atoms with van der Waals surface area (Å²) >= 11 is 0. The first kappa shape index (κ1) is 26.2. The van der Waals surface area contributed by atoms with E-state index in [1.165, 1.54) is 23.1 Å². The number of nitrogens with one attached hydrogen (secondary N) is 1. The fraction of sp³-hybridized carbons (Fsp3) is 0.423. The molecule has 0 radical (unpaired) electrons. The van der Waals surface area contributed by atoms with Crippen LogP contribution in [-0.2, 0) is 14.3 Å². The molecule has 0 saturated carbocycles. The van der Waals surface area contributed by atoms with Gasteiger partial charge in [-0.15, -0.1) is 0 Å². The molecular formula is C26H32FN3O5. The minimum absolute atomic E-state index is 0.138. The largest absolute Gasteiger partial charge is 0.507 e. The number of nitrogens with zero attached hydrogens (tertiary/aromatic N) is 2. The van der Waals surface area contributed by atoms with Crippen LogP contribution in [0.4, 0.5) is 4.39 Å². The molecule has 1 aliphatic rings. The summed E-state index contributed by atoms with van der Waals surface area (Å²) in [5.74, 6) is -3.13. The van der Waals surface area contributed by atoms with Gasteiger partial charge in [-0.1, -0.05) is 26.0 Å². The highest BCUT2D eigenvalue weighted by molar-refractivity contribution is 6.46. The molecule has 1 aromatic heterocycles. The Morgan fingerprint density at radius 3 is 2.49 bits per heavy atom. The zero-order valence-electron chi connectivity index (χ0n) is 20.8. The standard InChI is InChI=1S/C26H32FN3O5/c1-6-29(7-2)12-13-30-22(17-10-9-11-18(27)14-17)20(24(32)25(30)33)23(31)19-15(4)21(28-16(19)5)26(34)35-8-3/h9-11,14,22,28,31H,6-8,12-13H2,1-5H3/b23-20+. The fourth-order valence-electron chi connectivity index (χ4n) is 4.57. The number of likely N-dealkylation sites (tertiary alicyclic amines) is 1. The van der Waals surface area contributed by atoms with E-state index in [0.717, 1.165) is 13.1 Å². The van der Waals surface area contributed by atoms with Crippen molar-refractivity contribution in [3.63, 3.8) is 0 Å². The molecule has 2 N–H and O–H groups in total. The number of hydrogen-bond donors (Lipinski definition) is 2. The Kier molecular flexibility index (Phi) is 8.11. The Balaban J connectivity index is 2.17. The topological polar surface area (TPSA) is 103 Å². The quantitative estimate of drug-likeness (QED) is 0.243. The average molecular weight is 486 g/mol. The van der Waals surface area contributed by atoms with Gasteiger partial charge < -0.3 is 24.6 Å². The smallest absolute Gasteiger partial charge is 0.355 e.